The summed E-state index contributed by atoms with van der Waals surface area (Å²) in [4.78, 5) is 24.6. The Hall–Kier alpha value is -4.45. The van der Waals surface area contributed by atoms with E-state index in [-0.39, 0.29) is 11.8 Å². The van der Waals surface area contributed by atoms with E-state index in [4.69, 9.17) is 51.7 Å². The van der Waals surface area contributed by atoms with Gasteiger partial charge in [0.25, 0.3) is 11.8 Å². The van der Waals surface area contributed by atoms with Crippen LogP contribution in [0.1, 0.15) is 37.7 Å². The van der Waals surface area contributed by atoms with Gasteiger partial charge in [-0.15, -0.1) is 0 Å². The van der Waals surface area contributed by atoms with Crippen molar-refractivity contribution in [1.82, 2.24) is 19.8 Å². The number of rotatable bonds is 2. The minimum atomic E-state index is -0.0563. The Balaban J connectivity index is 0.000000152. The summed E-state index contributed by atoms with van der Waals surface area (Å²) in [5.41, 5.74) is 9.58. The Labute approximate surface area is 296 Å². The first-order chi connectivity index (χ1) is 23.1. The van der Waals surface area contributed by atoms with Gasteiger partial charge in [0.05, 0.1) is 22.7 Å². The Kier molecular flexibility index (Phi) is 8.39. The molecule has 4 aromatic carbocycles. The molecule has 11 heteroatoms. The van der Waals surface area contributed by atoms with Crippen molar-refractivity contribution in [2.24, 2.45) is 0 Å². The first-order valence-electron chi connectivity index (χ1n) is 15.2. The van der Waals surface area contributed by atoms with Crippen molar-refractivity contribution in [2.75, 3.05) is 13.1 Å². The van der Waals surface area contributed by atoms with Crippen molar-refractivity contribution in [1.29, 1.82) is 5.26 Å². The van der Waals surface area contributed by atoms with Crippen LogP contribution in [0.15, 0.2) is 66.7 Å². The second kappa shape index (κ2) is 12.5. The number of benzene rings is 4. The van der Waals surface area contributed by atoms with Crippen LogP contribution in [-0.2, 0) is 13.1 Å². The molecule has 0 bridgehead atoms. The Morgan fingerprint density at radius 1 is 0.646 bits per heavy atom. The second-order valence-electron chi connectivity index (χ2n) is 11.8. The summed E-state index contributed by atoms with van der Waals surface area (Å²) < 4.78 is 4.13. The van der Waals surface area contributed by atoms with Gasteiger partial charge in [0.2, 0.25) is 0 Å². The molecule has 2 amide bonds. The third-order valence-corrected chi connectivity index (χ3v) is 9.95. The summed E-state index contributed by atoms with van der Waals surface area (Å²) in [6.45, 7) is 6.57. The summed E-state index contributed by atoms with van der Waals surface area (Å²) in [6.07, 6.45) is 0. The minimum absolute atomic E-state index is 0.0446. The number of amides is 2. The van der Waals surface area contributed by atoms with Crippen molar-refractivity contribution in [3.63, 3.8) is 0 Å². The lowest BCUT2D eigenvalue weighted by molar-refractivity contribution is 0.0920. The maximum atomic E-state index is 12.3. The molecule has 0 aliphatic carbocycles. The number of halogens is 4. The summed E-state index contributed by atoms with van der Waals surface area (Å²) in [5.74, 6) is -0.101. The lowest BCUT2D eigenvalue weighted by atomic mass is 10.0. The first kappa shape index (κ1) is 32.1. The number of nitrogens with zero attached hydrogens (tertiary/aromatic N) is 3. The minimum Gasteiger partial charge on any atom is -0.349 e. The van der Waals surface area contributed by atoms with E-state index in [9.17, 15) is 9.59 Å². The van der Waals surface area contributed by atoms with Crippen molar-refractivity contribution in [2.45, 2.75) is 26.9 Å². The number of nitrogens with one attached hydrogen (secondary N) is 2. The van der Waals surface area contributed by atoms with Gasteiger partial charge < -0.3 is 19.8 Å². The molecule has 0 saturated carbocycles. The standard InChI is InChI=1S/C19H14ClN3O.C18H13Cl3N2O/c1-11-15-8-14(20)9-16(13-4-2-12(10-21)3-5-13)18(15)23-7-6-22-19(24)17(11)23;1-9-13-6-11(20)7-14(12-3-2-10(19)8-15(12)21)17(13)23-5-4-22-18(24)16(9)23/h2-5,8-9H,6-7H2,1H3,(H,22,24);2-3,6-8H,4-5H2,1H3,(H,22,24). The number of carbonyl (C=O) groups is 2. The Morgan fingerprint density at radius 3 is 1.69 bits per heavy atom. The number of hydrogen-bond acceptors (Lipinski definition) is 3. The first-order valence-corrected chi connectivity index (χ1v) is 16.8. The SMILES string of the molecule is Cc1c2n(c3c(-c4ccc(C#N)cc4)cc(Cl)cc13)CCNC2=O.Cc1c2n(c3c(-c4ccc(Cl)cc4Cl)cc(Cl)cc13)CCNC2=O. The van der Waals surface area contributed by atoms with E-state index in [1.165, 1.54) is 0 Å². The van der Waals surface area contributed by atoms with Crippen LogP contribution in [0.4, 0.5) is 0 Å². The largest absolute Gasteiger partial charge is 0.349 e. The molecule has 0 unspecified atom stereocenters. The van der Waals surface area contributed by atoms with E-state index in [0.29, 0.717) is 56.7 Å². The molecule has 2 aliphatic rings. The van der Waals surface area contributed by atoms with E-state index in [0.717, 1.165) is 61.7 Å². The molecular formula is C37H27Cl4N5O2. The average molecular weight is 715 g/mol. The summed E-state index contributed by atoms with van der Waals surface area (Å²) in [6, 6.07) is 22.6. The summed E-state index contributed by atoms with van der Waals surface area (Å²) >= 11 is 25.1. The zero-order valence-electron chi connectivity index (χ0n) is 25.8. The van der Waals surface area contributed by atoms with Crippen LogP contribution in [0.5, 0.6) is 0 Å². The number of aryl methyl sites for hydroxylation is 2. The van der Waals surface area contributed by atoms with E-state index in [2.05, 4.69) is 25.8 Å². The van der Waals surface area contributed by atoms with Crippen LogP contribution < -0.4 is 10.6 Å². The summed E-state index contributed by atoms with van der Waals surface area (Å²) in [5, 5.41) is 19.1. The lowest BCUT2D eigenvalue weighted by Gasteiger charge is -2.19. The zero-order valence-corrected chi connectivity index (χ0v) is 28.9. The second-order valence-corrected chi connectivity index (χ2v) is 13.5. The molecule has 2 aliphatic heterocycles. The highest BCUT2D eigenvalue weighted by Gasteiger charge is 2.27. The highest BCUT2D eigenvalue weighted by molar-refractivity contribution is 6.37. The predicted octanol–water partition coefficient (Wildman–Crippen LogP) is 9.21. The molecule has 6 aromatic rings. The third-order valence-electron chi connectivity index (χ3n) is 8.97. The quantitative estimate of drug-likeness (QED) is 0.187. The van der Waals surface area contributed by atoms with Gasteiger partial charge in [-0.25, -0.2) is 0 Å². The Morgan fingerprint density at radius 2 is 1.17 bits per heavy atom. The van der Waals surface area contributed by atoms with Crippen LogP contribution in [-0.4, -0.2) is 34.0 Å². The molecule has 0 spiro atoms. The van der Waals surface area contributed by atoms with E-state index < -0.39 is 0 Å². The zero-order chi connectivity index (χ0) is 33.9. The molecular weight excluding hydrogens is 688 g/mol. The molecule has 240 valence electrons. The fourth-order valence-corrected chi connectivity index (χ4v) is 7.80. The molecule has 0 fully saturated rings. The number of fused-ring (bicyclic) bond motifs is 6. The van der Waals surface area contributed by atoms with E-state index in [1.807, 2.05) is 56.3 Å². The fraction of sp³-hybridized carbons (Fsp3) is 0.162. The molecule has 0 radical (unpaired) electrons. The number of carbonyl (C=O) groups excluding carboxylic acids is 2. The van der Waals surface area contributed by atoms with Crippen molar-refractivity contribution in [3.8, 4) is 28.3 Å². The highest BCUT2D eigenvalue weighted by atomic mass is 35.5. The summed E-state index contributed by atoms with van der Waals surface area (Å²) in [7, 11) is 0. The normalized spacial score (nSPS) is 13.7. The maximum Gasteiger partial charge on any atom is 0.268 e. The molecule has 0 atom stereocenters. The van der Waals surface area contributed by atoms with Gasteiger partial charge in [0, 0.05) is 73.7 Å². The molecule has 48 heavy (non-hydrogen) atoms. The van der Waals surface area contributed by atoms with Crippen molar-refractivity contribution < 1.29 is 9.59 Å². The van der Waals surface area contributed by atoms with Gasteiger partial charge in [-0.3, -0.25) is 9.59 Å². The average Bonchev–Trinajstić information content (AvgIpc) is 3.52. The molecule has 2 aromatic heterocycles. The van der Waals surface area contributed by atoms with Gasteiger partial charge in [-0.1, -0.05) is 64.6 Å². The van der Waals surface area contributed by atoms with Gasteiger partial charge in [0.15, 0.2) is 0 Å². The van der Waals surface area contributed by atoms with Gasteiger partial charge >= 0.3 is 0 Å². The number of nitriles is 1. The third kappa shape index (κ3) is 5.39. The van der Waals surface area contributed by atoms with Crippen LogP contribution in [0, 0.1) is 25.2 Å². The highest BCUT2D eigenvalue weighted by Crippen LogP contribution is 2.41. The lowest BCUT2D eigenvalue weighted by Crippen LogP contribution is -2.35. The number of hydrogen-bond donors (Lipinski definition) is 2. The number of aromatic nitrogens is 2. The van der Waals surface area contributed by atoms with E-state index >= 15 is 0 Å². The van der Waals surface area contributed by atoms with Crippen LogP contribution in [0.25, 0.3) is 44.1 Å². The fourth-order valence-electron chi connectivity index (χ4n) is 6.86. The smallest absolute Gasteiger partial charge is 0.268 e. The van der Waals surface area contributed by atoms with Crippen LogP contribution in [0.3, 0.4) is 0 Å². The molecule has 2 N–H and O–H groups in total. The van der Waals surface area contributed by atoms with Gasteiger partial charge in [-0.2, -0.15) is 5.26 Å². The topological polar surface area (TPSA) is 91.8 Å². The predicted molar refractivity (Wildman–Crippen MR) is 194 cm³/mol. The Bertz CT molecular complexity index is 2370. The van der Waals surface area contributed by atoms with Gasteiger partial charge in [-0.05, 0) is 79.1 Å². The molecule has 7 nitrogen and oxygen atoms in total. The van der Waals surface area contributed by atoms with E-state index in [1.54, 1.807) is 24.3 Å². The van der Waals surface area contributed by atoms with Gasteiger partial charge in [0.1, 0.15) is 11.4 Å². The van der Waals surface area contributed by atoms with Crippen molar-refractivity contribution >= 4 is 80.0 Å². The van der Waals surface area contributed by atoms with Crippen LogP contribution in [0.2, 0.25) is 20.1 Å². The molecule has 0 saturated heterocycles. The maximum absolute atomic E-state index is 12.3. The van der Waals surface area contributed by atoms with Crippen molar-refractivity contribution in [3.05, 3.63) is 115 Å². The monoisotopic (exact) mass is 713 g/mol. The van der Waals surface area contributed by atoms with Crippen LogP contribution >= 0.6 is 46.4 Å². The molecule has 8 rings (SSSR count). The molecule has 4 heterocycles.